The van der Waals surface area contributed by atoms with E-state index < -0.39 is 40.2 Å². The molecule has 2 N–H and O–H groups in total. The van der Waals surface area contributed by atoms with E-state index in [4.69, 9.17) is 16.7 Å². The van der Waals surface area contributed by atoms with Crippen molar-refractivity contribution in [2.45, 2.75) is 11.1 Å². The molecular weight excluding hydrogens is 526 g/mol. The Morgan fingerprint density at radius 2 is 1.94 bits per heavy atom. The maximum atomic E-state index is 13.5. The summed E-state index contributed by atoms with van der Waals surface area (Å²) in [6.45, 7) is 0. The minimum Gasteiger partial charge on any atom is -0.481 e. The van der Waals surface area contributed by atoms with Crippen LogP contribution in [0, 0.1) is 5.82 Å². The van der Waals surface area contributed by atoms with Gasteiger partial charge >= 0.3 is 12.1 Å². The largest absolute Gasteiger partial charge is 0.481 e. The van der Waals surface area contributed by atoms with Crippen LogP contribution in [-0.4, -0.2) is 40.8 Å². The fourth-order valence-electron chi connectivity index (χ4n) is 3.11. The van der Waals surface area contributed by atoms with E-state index >= 15 is 0 Å². The Morgan fingerprint density at radius 3 is 2.61 bits per heavy atom. The van der Waals surface area contributed by atoms with Crippen molar-refractivity contribution in [3.8, 4) is 16.9 Å². The number of carboxylic acid groups (broad SMARTS) is 1. The summed E-state index contributed by atoms with van der Waals surface area (Å²) in [5.41, 5.74) is -0.240. The fourth-order valence-corrected chi connectivity index (χ4v) is 4.17. The van der Waals surface area contributed by atoms with Gasteiger partial charge in [-0.05, 0) is 42.0 Å². The Labute approximate surface area is 208 Å². The quantitative estimate of drug-likeness (QED) is 0.315. The van der Waals surface area contributed by atoms with Gasteiger partial charge < -0.3 is 10.4 Å². The van der Waals surface area contributed by atoms with Gasteiger partial charge in [-0.2, -0.15) is 23.3 Å². The summed E-state index contributed by atoms with van der Waals surface area (Å²) in [5, 5.41) is 15.1. The Balaban J connectivity index is 1.80. The topological polar surface area (TPSA) is 110 Å². The minimum atomic E-state index is -4.70. The average Bonchev–Trinajstić information content (AvgIpc) is 3.32. The van der Waals surface area contributed by atoms with E-state index in [1.54, 1.807) is 6.07 Å². The highest BCUT2D eigenvalue weighted by molar-refractivity contribution is 7.85. The van der Waals surface area contributed by atoms with Crippen molar-refractivity contribution in [1.82, 2.24) is 19.7 Å². The smallest absolute Gasteiger partial charge is 0.435 e. The fraction of sp³-hybridized carbons (Fsp3) is 0.0909. The lowest BCUT2D eigenvalue weighted by molar-refractivity contribution is -0.141. The van der Waals surface area contributed by atoms with Gasteiger partial charge in [-0.25, -0.2) is 14.1 Å². The zero-order chi connectivity index (χ0) is 26.0. The van der Waals surface area contributed by atoms with Crippen molar-refractivity contribution in [3.05, 3.63) is 77.5 Å². The van der Waals surface area contributed by atoms with Gasteiger partial charge in [0.1, 0.15) is 11.6 Å². The number of nitrogens with one attached hydrogen (secondary N) is 1. The van der Waals surface area contributed by atoms with Crippen molar-refractivity contribution in [1.29, 1.82) is 0 Å². The van der Waals surface area contributed by atoms with Crippen LogP contribution in [0.3, 0.4) is 0 Å². The van der Waals surface area contributed by atoms with Crippen LogP contribution < -0.4 is 5.32 Å². The molecule has 2 heterocycles. The minimum absolute atomic E-state index is 0.0499. The van der Waals surface area contributed by atoms with Gasteiger partial charge in [0, 0.05) is 28.5 Å². The molecule has 0 saturated carbocycles. The number of aromatic nitrogens is 4. The lowest BCUT2D eigenvalue weighted by Gasteiger charge is -2.13. The number of nitrogens with zero attached hydrogens (tertiary/aromatic N) is 4. The molecule has 0 aliphatic heterocycles. The first-order valence-electron chi connectivity index (χ1n) is 9.94. The third kappa shape index (κ3) is 5.69. The number of anilines is 2. The molecule has 1 unspecified atom stereocenters. The van der Waals surface area contributed by atoms with Gasteiger partial charge in [0.2, 0.25) is 5.95 Å². The van der Waals surface area contributed by atoms with Crippen molar-refractivity contribution in [2.75, 3.05) is 11.1 Å². The van der Waals surface area contributed by atoms with Gasteiger partial charge in [-0.1, -0.05) is 23.7 Å². The Bertz CT molecular complexity index is 1480. The predicted molar refractivity (Wildman–Crippen MR) is 123 cm³/mol. The Morgan fingerprint density at radius 1 is 1.17 bits per heavy atom. The molecule has 0 spiro atoms. The van der Waals surface area contributed by atoms with Crippen LogP contribution in [-0.2, 0) is 21.8 Å². The predicted octanol–water partition coefficient (Wildman–Crippen LogP) is 5.08. The van der Waals surface area contributed by atoms with E-state index in [1.165, 1.54) is 36.5 Å². The zero-order valence-electron chi connectivity index (χ0n) is 17.8. The van der Waals surface area contributed by atoms with E-state index in [-0.39, 0.29) is 27.2 Å². The molecule has 4 rings (SSSR count). The first-order valence-corrected chi connectivity index (χ1v) is 11.6. The van der Waals surface area contributed by atoms with Gasteiger partial charge in [0.25, 0.3) is 0 Å². The van der Waals surface area contributed by atoms with Crippen molar-refractivity contribution >= 4 is 40.0 Å². The number of hydrogen-bond acceptors (Lipinski definition) is 6. The summed E-state index contributed by atoms with van der Waals surface area (Å²) >= 11 is 5.79. The summed E-state index contributed by atoms with van der Waals surface area (Å²) in [7, 11) is -1.86. The number of aliphatic carboxylic acids is 1. The SMILES string of the molecule is O=C(O)CS(=O)c1cccc(-c2cnc(Nc3ccc(F)c(Cl)c3)nc2-n2ccc(C(F)(F)F)n2)c1. The molecule has 1 atom stereocenters. The third-order valence-electron chi connectivity index (χ3n) is 4.70. The number of benzene rings is 2. The van der Waals surface area contributed by atoms with Gasteiger partial charge in [0.05, 0.1) is 15.8 Å². The summed E-state index contributed by atoms with van der Waals surface area (Å²) in [6, 6.07) is 10.5. The standard InChI is InChI=1S/C22H14ClF4N5O3S/c23-16-9-13(4-5-17(16)24)29-21-28-10-15(12-2-1-3-14(8-12)36(35)11-19(33)34)20(30-21)32-7-6-18(31-32)22(25,26)27/h1-10H,11H2,(H,33,34)(H,28,29,30). The summed E-state index contributed by atoms with van der Waals surface area (Å²) in [6.07, 6.45) is -2.32. The van der Waals surface area contributed by atoms with E-state index in [0.717, 1.165) is 23.0 Å². The Hall–Kier alpha value is -3.84. The number of alkyl halides is 3. The second-order valence-electron chi connectivity index (χ2n) is 7.24. The van der Waals surface area contributed by atoms with E-state index in [2.05, 4.69) is 20.4 Å². The number of carbonyl (C=O) groups is 1. The van der Waals surface area contributed by atoms with E-state index in [1.807, 2.05) is 0 Å². The highest BCUT2D eigenvalue weighted by atomic mass is 35.5. The maximum absolute atomic E-state index is 13.5. The maximum Gasteiger partial charge on any atom is 0.435 e. The molecule has 0 amide bonds. The van der Waals surface area contributed by atoms with E-state index in [0.29, 0.717) is 11.3 Å². The lowest BCUT2D eigenvalue weighted by Crippen LogP contribution is -2.10. The monoisotopic (exact) mass is 539 g/mol. The molecule has 4 aromatic rings. The molecule has 2 aromatic carbocycles. The Kier molecular flexibility index (Phi) is 7.04. The van der Waals surface area contributed by atoms with Crippen LogP contribution in [0.25, 0.3) is 16.9 Å². The van der Waals surface area contributed by atoms with Crippen LogP contribution in [0.5, 0.6) is 0 Å². The van der Waals surface area contributed by atoms with Crippen molar-refractivity contribution < 1.29 is 31.7 Å². The van der Waals surface area contributed by atoms with Gasteiger partial charge in [-0.3, -0.25) is 9.00 Å². The highest BCUT2D eigenvalue weighted by Crippen LogP contribution is 2.31. The molecule has 186 valence electrons. The number of halogens is 5. The first-order chi connectivity index (χ1) is 17.0. The molecular formula is C22H14ClF4N5O3S. The molecule has 8 nitrogen and oxygen atoms in total. The molecule has 0 aliphatic rings. The van der Waals surface area contributed by atoms with Gasteiger partial charge in [-0.15, -0.1) is 0 Å². The van der Waals surface area contributed by atoms with Gasteiger partial charge in [0.15, 0.2) is 11.5 Å². The van der Waals surface area contributed by atoms with Crippen LogP contribution in [0.2, 0.25) is 5.02 Å². The number of hydrogen-bond donors (Lipinski definition) is 2. The molecule has 2 aromatic heterocycles. The van der Waals surface area contributed by atoms with E-state index in [9.17, 15) is 26.6 Å². The van der Waals surface area contributed by atoms with Crippen LogP contribution in [0.4, 0.5) is 29.2 Å². The van der Waals surface area contributed by atoms with Crippen molar-refractivity contribution in [2.24, 2.45) is 0 Å². The zero-order valence-corrected chi connectivity index (χ0v) is 19.4. The second kappa shape index (κ2) is 10.0. The molecule has 0 aliphatic carbocycles. The second-order valence-corrected chi connectivity index (χ2v) is 9.10. The summed E-state index contributed by atoms with van der Waals surface area (Å²) in [5.74, 6) is -2.63. The van der Waals surface area contributed by atoms with Crippen molar-refractivity contribution in [3.63, 3.8) is 0 Å². The average molecular weight is 540 g/mol. The molecule has 36 heavy (non-hydrogen) atoms. The van der Waals surface area contributed by atoms with Crippen LogP contribution >= 0.6 is 11.6 Å². The van der Waals surface area contributed by atoms with Crippen LogP contribution in [0.15, 0.2) is 65.8 Å². The summed E-state index contributed by atoms with van der Waals surface area (Å²) < 4.78 is 66.2. The summed E-state index contributed by atoms with van der Waals surface area (Å²) in [4.78, 5) is 19.6. The molecule has 0 radical (unpaired) electrons. The lowest BCUT2D eigenvalue weighted by atomic mass is 10.1. The van der Waals surface area contributed by atoms with Crippen LogP contribution in [0.1, 0.15) is 5.69 Å². The molecule has 0 bridgehead atoms. The number of rotatable bonds is 7. The number of carboxylic acids is 1. The molecule has 0 fully saturated rings. The molecule has 0 saturated heterocycles. The first kappa shape index (κ1) is 25.3. The highest BCUT2D eigenvalue weighted by Gasteiger charge is 2.34. The third-order valence-corrected chi connectivity index (χ3v) is 6.28. The normalized spacial score (nSPS) is 12.4. The molecule has 14 heteroatoms.